The molecule has 1 fully saturated rings. The number of benzene rings is 1. The van der Waals surface area contributed by atoms with Gasteiger partial charge in [0.1, 0.15) is 0 Å². The number of carbonyl (C=O) groups is 1. The molecule has 1 aliphatic carbocycles. The smallest absolute Gasteiger partial charge is 0.253 e. The minimum Gasteiger partial charge on any atom is -0.398 e. The van der Waals surface area contributed by atoms with Gasteiger partial charge in [-0.05, 0) is 59.3 Å². The van der Waals surface area contributed by atoms with Crippen LogP contribution in [0.4, 0.5) is 5.69 Å². The zero-order chi connectivity index (χ0) is 13.1. The summed E-state index contributed by atoms with van der Waals surface area (Å²) in [6.07, 6.45) is 3.51. The summed E-state index contributed by atoms with van der Waals surface area (Å²) in [4.78, 5) is 14.4. The van der Waals surface area contributed by atoms with E-state index in [1.807, 2.05) is 17.0 Å². The maximum Gasteiger partial charge on any atom is 0.253 e. The van der Waals surface area contributed by atoms with E-state index in [2.05, 4.69) is 22.9 Å². The second kappa shape index (κ2) is 5.74. The molecule has 1 amide bonds. The molecule has 3 nitrogen and oxygen atoms in total. The second-order valence-electron chi connectivity index (χ2n) is 4.93. The number of rotatable bonds is 5. The molecule has 0 aromatic heterocycles. The lowest BCUT2D eigenvalue weighted by Gasteiger charge is -2.22. The summed E-state index contributed by atoms with van der Waals surface area (Å²) in [6.45, 7) is 3.82. The predicted octanol–water partition coefficient (Wildman–Crippen LogP) is 3.29. The highest BCUT2D eigenvalue weighted by atomic mass is 79.9. The second-order valence-corrected chi connectivity index (χ2v) is 5.79. The van der Waals surface area contributed by atoms with Gasteiger partial charge in [-0.25, -0.2) is 0 Å². The fourth-order valence-electron chi connectivity index (χ4n) is 2.02. The molecule has 0 bridgehead atoms. The van der Waals surface area contributed by atoms with Gasteiger partial charge in [0.15, 0.2) is 0 Å². The summed E-state index contributed by atoms with van der Waals surface area (Å²) in [7, 11) is 0. The number of nitrogens with two attached hydrogens (primary N) is 1. The van der Waals surface area contributed by atoms with E-state index in [1.165, 1.54) is 12.8 Å². The molecule has 2 N–H and O–H groups in total. The lowest BCUT2D eigenvalue weighted by molar-refractivity contribution is 0.0748. The van der Waals surface area contributed by atoms with E-state index in [1.54, 1.807) is 6.07 Å². The van der Waals surface area contributed by atoms with Gasteiger partial charge in [-0.2, -0.15) is 0 Å². The van der Waals surface area contributed by atoms with Crippen LogP contribution in [0.1, 0.15) is 36.5 Å². The van der Waals surface area contributed by atoms with Crippen LogP contribution >= 0.6 is 15.9 Å². The molecular formula is C14H19BrN2O. The maximum atomic E-state index is 12.4. The Hall–Kier alpha value is -1.03. The van der Waals surface area contributed by atoms with E-state index in [4.69, 9.17) is 5.73 Å². The van der Waals surface area contributed by atoms with Crippen LogP contribution in [-0.2, 0) is 0 Å². The van der Waals surface area contributed by atoms with E-state index < -0.39 is 0 Å². The van der Waals surface area contributed by atoms with Crippen molar-refractivity contribution in [1.82, 2.24) is 4.90 Å². The number of anilines is 1. The minimum absolute atomic E-state index is 0.1000. The molecule has 4 heteroatoms. The Morgan fingerprint density at radius 2 is 2.22 bits per heavy atom. The van der Waals surface area contributed by atoms with Crippen molar-refractivity contribution in [2.75, 3.05) is 18.8 Å². The van der Waals surface area contributed by atoms with Crippen LogP contribution < -0.4 is 5.73 Å². The first kappa shape index (κ1) is 13.4. The van der Waals surface area contributed by atoms with Crippen molar-refractivity contribution in [2.45, 2.75) is 26.2 Å². The van der Waals surface area contributed by atoms with Crippen LogP contribution in [0.5, 0.6) is 0 Å². The van der Waals surface area contributed by atoms with Gasteiger partial charge in [-0.3, -0.25) is 4.79 Å². The third-order valence-electron chi connectivity index (χ3n) is 3.20. The molecular weight excluding hydrogens is 292 g/mol. The number of carbonyl (C=O) groups excluding carboxylic acids is 1. The van der Waals surface area contributed by atoms with Crippen LogP contribution in [-0.4, -0.2) is 23.9 Å². The molecule has 98 valence electrons. The molecule has 0 unspecified atom stereocenters. The van der Waals surface area contributed by atoms with Crippen molar-refractivity contribution < 1.29 is 4.79 Å². The van der Waals surface area contributed by atoms with Gasteiger partial charge >= 0.3 is 0 Å². The number of hydrogen-bond acceptors (Lipinski definition) is 2. The third kappa shape index (κ3) is 3.25. The first-order valence-corrected chi connectivity index (χ1v) is 7.25. The maximum absolute atomic E-state index is 12.4. The highest BCUT2D eigenvalue weighted by molar-refractivity contribution is 9.10. The molecule has 1 saturated carbocycles. The molecule has 0 radical (unpaired) electrons. The minimum atomic E-state index is 0.1000. The lowest BCUT2D eigenvalue weighted by Crippen LogP contribution is -2.33. The molecule has 0 spiro atoms. The first-order chi connectivity index (χ1) is 8.61. The van der Waals surface area contributed by atoms with Gasteiger partial charge in [0.05, 0.1) is 0 Å². The fourth-order valence-corrected chi connectivity index (χ4v) is 2.26. The quantitative estimate of drug-likeness (QED) is 0.848. The lowest BCUT2D eigenvalue weighted by atomic mass is 10.1. The molecule has 0 heterocycles. The van der Waals surface area contributed by atoms with E-state index in [0.29, 0.717) is 17.2 Å². The molecule has 0 atom stereocenters. The summed E-state index contributed by atoms with van der Waals surface area (Å²) in [5, 5.41) is 0. The number of halogens is 1. The molecule has 18 heavy (non-hydrogen) atoms. The van der Waals surface area contributed by atoms with Crippen molar-refractivity contribution in [2.24, 2.45) is 5.92 Å². The van der Waals surface area contributed by atoms with Crippen LogP contribution in [0.15, 0.2) is 22.7 Å². The Morgan fingerprint density at radius 3 is 2.78 bits per heavy atom. The van der Waals surface area contributed by atoms with Crippen LogP contribution in [0.2, 0.25) is 0 Å². The molecule has 0 aliphatic heterocycles. The average Bonchev–Trinajstić information content (AvgIpc) is 3.15. The summed E-state index contributed by atoms with van der Waals surface area (Å²) < 4.78 is 0.836. The van der Waals surface area contributed by atoms with Crippen molar-refractivity contribution in [1.29, 1.82) is 0 Å². The van der Waals surface area contributed by atoms with Gasteiger partial charge < -0.3 is 10.6 Å². The SMILES string of the molecule is CCCN(CC1CC1)C(=O)c1ccc(Br)c(N)c1. The Kier molecular flexibility index (Phi) is 4.27. The van der Waals surface area contributed by atoms with Gasteiger partial charge in [0.25, 0.3) is 5.91 Å². The monoisotopic (exact) mass is 310 g/mol. The zero-order valence-corrected chi connectivity index (χ0v) is 12.2. The number of nitrogen functional groups attached to an aromatic ring is 1. The zero-order valence-electron chi connectivity index (χ0n) is 10.7. The summed E-state index contributed by atoms with van der Waals surface area (Å²) in [6, 6.07) is 5.42. The fraction of sp³-hybridized carbons (Fsp3) is 0.500. The number of hydrogen-bond donors (Lipinski definition) is 1. The molecule has 1 aromatic carbocycles. The molecule has 1 aromatic rings. The molecule has 0 saturated heterocycles. The van der Waals surface area contributed by atoms with Crippen molar-refractivity contribution in [3.8, 4) is 0 Å². The van der Waals surface area contributed by atoms with Gasteiger partial charge in [-0.15, -0.1) is 0 Å². The van der Waals surface area contributed by atoms with Crippen molar-refractivity contribution >= 4 is 27.5 Å². The Labute approximate surface area is 116 Å². The summed E-state index contributed by atoms with van der Waals surface area (Å²) in [5.74, 6) is 0.816. The number of amides is 1. The Balaban J connectivity index is 2.12. The van der Waals surface area contributed by atoms with Crippen molar-refractivity contribution in [3.63, 3.8) is 0 Å². The van der Waals surface area contributed by atoms with Gasteiger partial charge in [-0.1, -0.05) is 6.92 Å². The van der Waals surface area contributed by atoms with Crippen LogP contribution in [0.3, 0.4) is 0 Å². The van der Waals surface area contributed by atoms with E-state index in [0.717, 1.165) is 24.0 Å². The van der Waals surface area contributed by atoms with E-state index >= 15 is 0 Å². The normalized spacial score (nSPS) is 14.6. The highest BCUT2D eigenvalue weighted by Gasteiger charge is 2.26. The van der Waals surface area contributed by atoms with Crippen molar-refractivity contribution in [3.05, 3.63) is 28.2 Å². The van der Waals surface area contributed by atoms with Crippen LogP contribution in [0.25, 0.3) is 0 Å². The predicted molar refractivity (Wildman–Crippen MR) is 77.5 cm³/mol. The van der Waals surface area contributed by atoms with Gasteiger partial charge in [0, 0.05) is 28.8 Å². The highest BCUT2D eigenvalue weighted by Crippen LogP contribution is 2.30. The van der Waals surface area contributed by atoms with E-state index in [-0.39, 0.29) is 5.91 Å². The largest absolute Gasteiger partial charge is 0.398 e. The Morgan fingerprint density at radius 1 is 1.50 bits per heavy atom. The van der Waals surface area contributed by atoms with E-state index in [9.17, 15) is 4.79 Å². The summed E-state index contributed by atoms with van der Waals surface area (Å²) in [5.41, 5.74) is 7.13. The van der Waals surface area contributed by atoms with Crippen LogP contribution in [0, 0.1) is 5.92 Å². The molecule has 1 aliphatic rings. The number of nitrogens with zero attached hydrogens (tertiary/aromatic N) is 1. The third-order valence-corrected chi connectivity index (χ3v) is 3.92. The first-order valence-electron chi connectivity index (χ1n) is 6.46. The van der Waals surface area contributed by atoms with Gasteiger partial charge in [0.2, 0.25) is 0 Å². The summed E-state index contributed by atoms with van der Waals surface area (Å²) >= 11 is 3.35. The topological polar surface area (TPSA) is 46.3 Å². The standard InChI is InChI=1S/C14H19BrN2O/c1-2-7-17(9-10-3-4-10)14(18)11-5-6-12(15)13(16)8-11/h5-6,8,10H,2-4,7,9,16H2,1H3. The molecule has 2 rings (SSSR count). The average molecular weight is 311 g/mol. The Bertz CT molecular complexity index is 443.